The number of carbonyl (C=O) groups excluding carboxylic acids is 2. The van der Waals surface area contributed by atoms with Crippen LogP contribution in [0.1, 0.15) is 27.8 Å². The van der Waals surface area contributed by atoms with Gasteiger partial charge in [-0.3, -0.25) is 9.59 Å². The summed E-state index contributed by atoms with van der Waals surface area (Å²) in [7, 11) is 0. The first-order valence-corrected chi connectivity index (χ1v) is 7.11. The first-order chi connectivity index (χ1) is 9.66. The van der Waals surface area contributed by atoms with E-state index in [2.05, 4.69) is 5.32 Å². The van der Waals surface area contributed by atoms with Gasteiger partial charge in [0.05, 0.1) is 23.9 Å². The van der Waals surface area contributed by atoms with E-state index in [0.29, 0.717) is 10.4 Å². The number of thiophene rings is 1. The Labute approximate surface area is 121 Å². The number of ketones is 1. The number of carbonyl (C=O) groups is 2. The predicted octanol–water partition coefficient (Wildman–Crippen LogP) is 2.17. The van der Waals surface area contributed by atoms with E-state index in [4.69, 9.17) is 0 Å². The van der Waals surface area contributed by atoms with Gasteiger partial charge in [-0.1, -0.05) is 36.4 Å². The van der Waals surface area contributed by atoms with E-state index in [1.165, 1.54) is 11.3 Å². The van der Waals surface area contributed by atoms with Gasteiger partial charge in [-0.2, -0.15) is 0 Å². The van der Waals surface area contributed by atoms with Crippen molar-refractivity contribution < 1.29 is 14.7 Å². The number of aliphatic hydroxyl groups excluding tert-OH is 1. The summed E-state index contributed by atoms with van der Waals surface area (Å²) in [5.41, 5.74) is 0.687. The maximum Gasteiger partial charge on any atom is 0.223 e. The van der Waals surface area contributed by atoms with E-state index in [0.717, 1.165) is 0 Å². The highest BCUT2D eigenvalue weighted by Gasteiger charge is 2.14. The number of rotatable bonds is 6. The lowest BCUT2D eigenvalue weighted by Gasteiger charge is -2.10. The Balaban J connectivity index is 1.80. The summed E-state index contributed by atoms with van der Waals surface area (Å²) in [6, 6.07) is 12.5. The van der Waals surface area contributed by atoms with Gasteiger partial charge in [0.25, 0.3) is 0 Å². The minimum absolute atomic E-state index is 0.0408. The first-order valence-electron chi connectivity index (χ1n) is 6.23. The normalized spacial score (nSPS) is 11.8. The first kappa shape index (κ1) is 14.4. The zero-order chi connectivity index (χ0) is 14.4. The average Bonchev–Trinajstić information content (AvgIpc) is 3.00. The Morgan fingerprint density at radius 2 is 1.90 bits per heavy atom. The molecule has 1 aromatic carbocycles. The van der Waals surface area contributed by atoms with E-state index in [1.807, 2.05) is 11.4 Å². The van der Waals surface area contributed by atoms with Crippen LogP contribution in [0.25, 0.3) is 0 Å². The molecule has 2 N–H and O–H groups in total. The van der Waals surface area contributed by atoms with Gasteiger partial charge < -0.3 is 10.4 Å². The van der Waals surface area contributed by atoms with Crippen LogP contribution in [-0.2, 0) is 4.79 Å². The lowest BCUT2D eigenvalue weighted by Crippen LogP contribution is -2.30. The molecular formula is C15H15NO3S. The van der Waals surface area contributed by atoms with Crippen LogP contribution in [0.5, 0.6) is 0 Å². The van der Waals surface area contributed by atoms with Crippen molar-refractivity contribution in [1.82, 2.24) is 5.32 Å². The Morgan fingerprint density at radius 1 is 1.15 bits per heavy atom. The quantitative estimate of drug-likeness (QED) is 0.801. The third-order valence-corrected chi connectivity index (χ3v) is 3.72. The maximum absolute atomic E-state index is 11.7. The number of hydrogen-bond donors (Lipinski definition) is 2. The standard InChI is InChI=1S/C15H15NO3S/c17-12(11-5-2-1-3-6-11)9-15(19)16-10-13(18)14-7-4-8-20-14/h1-8,12,17H,9-10H2,(H,16,19). The second-order valence-electron chi connectivity index (χ2n) is 4.31. The minimum Gasteiger partial charge on any atom is -0.388 e. The highest BCUT2D eigenvalue weighted by Crippen LogP contribution is 2.15. The molecule has 104 valence electrons. The molecule has 1 atom stereocenters. The van der Waals surface area contributed by atoms with Crippen molar-refractivity contribution in [2.45, 2.75) is 12.5 Å². The third-order valence-electron chi connectivity index (χ3n) is 2.81. The van der Waals surface area contributed by atoms with Crippen LogP contribution in [0.4, 0.5) is 0 Å². The molecule has 1 unspecified atom stereocenters. The number of nitrogens with one attached hydrogen (secondary N) is 1. The fraction of sp³-hybridized carbons (Fsp3) is 0.200. The molecule has 2 aromatic rings. The number of hydrogen-bond acceptors (Lipinski definition) is 4. The molecule has 0 saturated heterocycles. The summed E-state index contributed by atoms with van der Waals surface area (Å²) in [6.07, 6.45) is -0.908. The fourth-order valence-corrected chi connectivity index (χ4v) is 2.41. The van der Waals surface area contributed by atoms with E-state index in [-0.39, 0.29) is 24.7 Å². The van der Waals surface area contributed by atoms with Crippen molar-refractivity contribution in [3.8, 4) is 0 Å². The molecule has 0 saturated carbocycles. The van der Waals surface area contributed by atoms with Crippen LogP contribution in [0.2, 0.25) is 0 Å². The molecule has 0 aliphatic rings. The molecule has 4 nitrogen and oxygen atoms in total. The van der Waals surface area contributed by atoms with E-state index in [9.17, 15) is 14.7 Å². The summed E-state index contributed by atoms with van der Waals surface area (Å²) in [4.78, 5) is 24.0. The summed E-state index contributed by atoms with van der Waals surface area (Å²) < 4.78 is 0. The molecule has 0 aliphatic carbocycles. The van der Waals surface area contributed by atoms with Gasteiger partial charge in [0.2, 0.25) is 5.91 Å². The van der Waals surface area contributed by atoms with Crippen molar-refractivity contribution in [1.29, 1.82) is 0 Å². The highest BCUT2D eigenvalue weighted by atomic mass is 32.1. The molecule has 2 rings (SSSR count). The lowest BCUT2D eigenvalue weighted by atomic mass is 10.1. The summed E-state index contributed by atoms with van der Waals surface area (Å²) >= 11 is 1.34. The topological polar surface area (TPSA) is 66.4 Å². The van der Waals surface area contributed by atoms with Gasteiger partial charge in [-0.25, -0.2) is 0 Å². The maximum atomic E-state index is 11.7. The molecule has 0 bridgehead atoms. The Morgan fingerprint density at radius 3 is 2.55 bits per heavy atom. The van der Waals surface area contributed by atoms with Crippen LogP contribution in [-0.4, -0.2) is 23.3 Å². The molecule has 0 fully saturated rings. The molecule has 20 heavy (non-hydrogen) atoms. The van der Waals surface area contributed by atoms with Crippen molar-refractivity contribution >= 4 is 23.0 Å². The number of aliphatic hydroxyl groups is 1. The van der Waals surface area contributed by atoms with Crippen molar-refractivity contribution in [2.24, 2.45) is 0 Å². The zero-order valence-electron chi connectivity index (χ0n) is 10.8. The molecule has 0 radical (unpaired) electrons. The van der Waals surface area contributed by atoms with Gasteiger partial charge >= 0.3 is 0 Å². The second kappa shape index (κ2) is 6.98. The van der Waals surface area contributed by atoms with Crippen LogP contribution >= 0.6 is 11.3 Å². The molecule has 5 heteroatoms. The molecular weight excluding hydrogens is 274 g/mol. The summed E-state index contributed by atoms with van der Waals surface area (Å²) in [5.74, 6) is -0.464. The largest absolute Gasteiger partial charge is 0.388 e. The number of benzene rings is 1. The molecule has 1 amide bonds. The molecule has 0 aliphatic heterocycles. The SMILES string of the molecule is O=C(CC(O)c1ccccc1)NCC(=O)c1cccs1. The van der Waals surface area contributed by atoms with Gasteiger partial charge in [-0.05, 0) is 17.0 Å². The number of amides is 1. The molecule has 1 aromatic heterocycles. The van der Waals surface area contributed by atoms with Gasteiger partial charge in [0.15, 0.2) is 5.78 Å². The predicted molar refractivity (Wildman–Crippen MR) is 77.7 cm³/mol. The van der Waals surface area contributed by atoms with Gasteiger partial charge in [-0.15, -0.1) is 11.3 Å². The Kier molecular flexibility index (Phi) is 5.03. The Hall–Kier alpha value is -1.98. The third kappa shape index (κ3) is 4.01. The second-order valence-corrected chi connectivity index (χ2v) is 5.26. The monoisotopic (exact) mass is 289 g/mol. The zero-order valence-corrected chi connectivity index (χ0v) is 11.6. The van der Waals surface area contributed by atoms with Gasteiger partial charge in [0, 0.05) is 0 Å². The molecule has 1 heterocycles. The van der Waals surface area contributed by atoms with Gasteiger partial charge in [0.1, 0.15) is 0 Å². The highest BCUT2D eigenvalue weighted by molar-refractivity contribution is 7.12. The van der Waals surface area contributed by atoms with Crippen LogP contribution in [0.3, 0.4) is 0 Å². The van der Waals surface area contributed by atoms with E-state index < -0.39 is 6.10 Å². The van der Waals surface area contributed by atoms with E-state index in [1.54, 1.807) is 36.4 Å². The van der Waals surface area contributed by atoms with Crippen molar-refractivity contribution in [3.05, 3.63) is 58.3 Å². The smallest absolute Gasteiger partial charge is 0.223 e. The van der Waals surface area contributed by atoms with E-state index >= 15 is 0 Å². The number of Topliss-reactive ketones (excluding diaryl/α,β-unsaturated/α-hetero) is 1. The summed E-state index contributed by atoms with van der Waals surface area (Å²) in [5, 5.41) is 14.2. The lowest BCUT2D eigenvalue weighted by molar-refractivity contribution is -0.122. The summed E-state index contributed by atoms with van der Waals surface area (Å²) in [6.45, 7) is -0.0408. The fourth-order valence-electron chi connectivity index (χ4n) is 1.74. The molecule has 0 spiro atoms. The van der Waals surface area contributed by atoms with Crippen LogP contribution in [0, 0.1) is 0 Å². The minimum atomic E-state index is -0.854. The van der Waals surface area contributed by atoms with Crippen molar-refractivity contribution in [3.63, 3.8) is 0 Å². The Bertz CT molecular complexity index is 566. The van der Waals surface area contributed by atoms with Crippen LogP contribution in [0.15, 0.2) is 47.8 Å². The van der Waals surface area contributed by atoms with Crippen LogP contribution < -0.4 is 5.32 Å². The average molecular weight is 289 g/mol. The van der Waals surface area contributed by atoms with Crippen molar-refractivity contribution in [2.75, 3.05) is 6.54 Å².